The molecule has 68 valence electrons. The van der Waals surface area contributed by atoms with Gasteiger partial charge in [0.05, 0.1) is 5.41 Å². The van der Waals surface area contributed by atoms with Gasteiger partial charge in [-0.05, 0) is 0 Å². The van der Waals surface area contributed by atoms with Crippen molar-refractivity contribution in [2.24, 2.45) is 11.3 Å². The molecule has 0 atom stereocenters. The number of halogens is 3. The van der Waals surface area contributed by atoms with Crippen LogP contribution in [0.2, 0.25) is 0 Å². The molecule has 0 rings (SSSR count). The molecule has 11 heavy (non-hydrogen) atoms. The van der Waals surface area contributed by atoms with Crippen LogP contribution >= 0.6 is 0 Å². The van der Waals surface area contributed by atoms with Crippen molar-refractivity contribution in [3.63, 3.8) is 0 Å². The van der Waals surface area contributed by atoms with E-state index in [0.717, 1.165) is 0 Å². The first-order chi connectivity index (χ1) is 4.75. The molecule has 0 aromatic rings. The Morgan fingerprint density at radius 3 is 1.64 bits per heavy atom. The fraction of sp³-hybridized carbons (Fsp3) is 1.00. The van der Waals surface area contributed by atoms with E-state index in [1.165, 1.54) is 27.7 Å². The summed E-state index contributed by atoms with van der Waals surface area (Å²) in [5.74, 6) is -3.74. The van der Waals surface area contributed by atoms with E-state index in [-0.39, 0.29) is 0 Å². The Balaban J connectivity index is 4.53. The lowest BCUT2D eigenvalue weighted by atomic mass is 9.81. The maximum atomic E-state index is 13.1. The summed E-state index contributed by atoms with van der Waals surface area (Å²) < 4.78 is 38.3. The molecule has 0 fully saturated rings. The van der Waals surface area contributed by atoms with Crippen LogP contribution in [0, 0.1) is 11.3 Å². The summed E-state index contributed by atoms with van der Waals surface area (Å²) in [6.45, 7) is 4.30. The van der Waals surface area contributed by atoms with Crippen molar-refractivity contribution >= 4 is 0 Å². The predicted octanol–water partition coefficient (Wildman–Crippen LogP) is 3.27. The van der Waals surface area contributed by atoms with Gasteiger partial charge in [-0.15, -0.1) is 0 Å². The fourth-order valence-electron chi connectivity index (χ4n) is 0.871. The van der Waals surface area contributed by atoms with Gasteiger partial charge in [0, 0.05) is 5.92 Å². The zero-order valence-electron chi connectivity index (χ0n) is 7.42. The van der Waals surface area contributed by atoms with Crippen LogP contribution < -0.4 is 0 Å². The van der Waals surface area contributed by atoms with Gasteiger partial charge in [0.15, 0.2) is 0 Å². The van der Waals surface area contributed by atoms with Gasteiger partial charge in [-0.25, -0.2) is 8.78 Å². The molecule has 0 saturated heterocycles. The highest BCUT2D eigenvalue weighted by molar-refractivity contribution is 4.87. The third kappa shape index (κ3) is 1.88. The molecule has 0 aromatic carbocycles. The van der Waals surface area contributed by atoms with Gasteiger partial charge in [0.2, 0.25) is 0 Å². The molecular formula is C8H15F3. The summed E-state index contributed by atoms with van der Waals surface area (Å²) in [5, 5.41) is 0. The maximum Gasteiger partial charge on any atom is 0.257 e. The first-order valence-electron chi connectivity index (χ1n) is 3.69. The molecule has 0 amide bonds. The van der Waals surface area contributed by atoms with Gasteiger partial charge >= 0.3 is 0 Å². The van der Waals surface area contributed by atoms with Crippen LogP contribution in [-0.2, 0) is 0 Å². The van der Waals surface area contributed by atoms with E-state index in [4.69, 9.17) is 0 Å². The van der Waals surface area contributed by atoms with Crippen molar-refractivity contribution in [1.82, 2.24) is 0 Å². The standard InChI is InChI=1S/C8H15F3/c1-6(2)8(10,11)7(3,4)5-9/h6H,5H2,1-4H3. The lowest BCUT2D eigenvalue weighted by molar-refractivity contribution is -0.147. The summed E-state index contributed by atoms with van der Waals surface area (Å²) in [7, 11) is 0. The van der Waals surface area contributed by atoms with Crippen molar-refractivity contribution in [2.45, 2.75) is 33.6 Å². The summed E-state index contributed by atoms with van der Waals surface area (Å²) in [5.41, 5.74) is -1.54. The van der Waals surface area contributed by atoms with Gasteiger partial charge in [-0.1, -0.05) is 27.7 Å². The van der Waals surface area contributed by atoms with E-state index in [2.05, 4.69) is 0 Å². The first-order valence-corrected chi connectivity index (χ1v) is 3.69. The van der Waals surface area contributed by atoms with Gasteiger partial charge in [0.25, 0.3) is 5.92 Å². The summed E-state index contributed by atoms with van der Waals surface area (Å²) in [4.78, 5) is 0. The quantitative estimate of drug-likeness (QED) is 0.606. The molecule has 0 nitrogen and oxygen atoms in total. The Morgan fingerprint density at radius 2 is 1.55 bits per heavy atom. The maximum absolute atomic E-state index is 13.1. The summed E-state index contributed by atoms with van der Waals surface area (Å²) in [6.07, 6.45) is 0. The van der Waals surface area contributed by atoms with Crippen LogP contribution in [-0.4, -0.2) is 12.6 Å². The van der Waals surface area contributed by atoms with E-state index >= 15 is 0 Å². The average Bonchev–Trinajstić information content (AvgIpc) is 1.87. The van der Waals surface area contributed by atoms with E-state index in [1.807, 2.05) is 0 Å². The van der Waals surface area contributed by atoms with Crippen molar-refractivity contribution in [2.75, 3.05) is 6.67 Å². The zero-order chi connectivity index (χ0) is 9.28. The molecule has 0 saturated carbocycles. The Labute approximate surface area is 65.8 Å². The van der Waals surface area contributed by atoms with E-state index in [1.54, 1.807) is 0 Å². The van der Waals surface area contributed by atoms with Crippen LogP contribution in [0.4, 0.5) is 13.2 Å². The van der Waals surface area contributed by atoms with Gasteiger partial charge in [0.1, 0.15) is 6.67 Å². The van der Waals surface area contributed by atoms with Crippen molar-refractivity contribution in [1.29, 1.82) is 0 Å². The monoisotopic (exact) mass is 168 g/mol. The molecular weight excluding hydrogens is 153 g/mol. The normalized spacial score (nSPS) is 14.2. The minimum atomic E-state index is -2.93. The van der Waals surface area contributed by atoms with E-state index < -0.39 is 23.9 Å². The molecule has 0 aliphatic carbocycles. The molecule has 0 spiro atoms. The number of hydrogen-bond acceptors (Lipinski definition) is 0. The predicted molar refractivity (Wildman–Crippen MR) is 39.5 cm³/mol. The Morgan fingerprint density at radius 1 is 1.18 bits per heavy atom. The van der Waals surface area contributed by atoms with Crippen LogP contribution in [0.1, 0.15) is 27.7 Å². The van der Waals surface area contributed by atoms with Crippen molar-refractivity contribution in [3.8, 4) is 0 Å². The number of hydrogen-bond donors (Lipinski definition) is 0. The third-order valence-corrected chi connectivity index (χ3v) is 1.96. The molecule has 0 N–H and O–H groups in total. The second kappa shape index (κ2) is 3.03. The van der Waals surface area contributed by atoms with Crippen LogP contribution in [0.15, 0.2) is 0 Å². The van der Waals surface area contributed by atoms with Gasteiger partial charge < -0.3 is 0 Å². The minimum absolute atomic E-state index is 0.812. The Kier molecular flexibility index (Phi) is 2.98. The smallest absolute Gasteiger partial charge is 0.250 e. The second-order valence-corrected chi connectivity index (χ2v) is 3.80. The highest BCUT2D eigenvalue weighted by Gasteiger charge is 2.48. The summed E-state index contributed by atoms with van der Waals surface area (Å²) >= 11 is 0. The van der Waals surface area contributed by atoms with E-state index in [9.17, 15) is 13.2 Å². The average molecular weight is 168 g/mol. The van der Waals surface area contributed by atoms with Crippen LogP contribution in [0.5, 0.6) is 0 Å². The molecule has 0 aromatic heterocycles. The highest BCUT2D eigenvalue weighted by atomic mass is 19.3. The molecule has 0 radical (unpaired) electrons. The third-order valence-electron chi connectivity index (χ3n) is 1.96. The lowest BCUT2D eigenvalue weighted by Crippen LogP contribution is -2.42. The van der Waals surface area contributed by atoms with Gasteiger partial charge in [-0.2, -0.15) is 0 Å². The van der Waals surface area contributed by atoms with Gasteiger partial charge in [-0.3, -0.25) is 4.39 Å². The van der Waals surface area contributed by atoms with Crippen molar-refractivity contribution < 1.29 is 13.2 Å². The Hall–Kier alpha value is -0.210. The van der Waals surface area contributed by atoms with Crippen molar-refractivity contribution in [3.05, 3.63) is 0 Å². The van der Waals surface area contributed by atoms with Crippen LogP contribution in [0.3, 0.4) is 0 Å². The first kappa shape index (κ1) is 10.8. The lowest BCUT2D eigenvalue weighted by Gasteiger charge is -2.34. The van der Waals surface area contributed by atoms with E-state index in [0.29, 0.717) is 0 Å². The largest absolute Gasteiger partial charge is 0.257 e. The Bertz CT molecular complexity index is 127. The molecule has 0 aliphatic rings. The molecule has 0 heterocycles. The highest BCUT2D eigenvalue weighted by Crippen LogP contribution is 2.41. The fourth-order valence-corrected chi connectivity index (χ4v) is 0.871. The number of alkyl halides is 3. The zero-order valence-corrected chi connectivity index (χ0v) is 7.42. The minimum Gasteiger partial charge on any atom is -0.250 e. The second-order valence-electron chi connectivity index (χ2n) is 3.80. The topological polar surface area (TPSA) is 0 Å². The molecule has 0 unspecified atom stereocenters. The summed E-state index contributed by atoms with van der Waals surface area (Å²) in [6, 6.07) is 0. The number of rotatable bonds is 3. The molecule has 0 bridgehead atoms. The molecule has 0 aliphatic heterocycles. The van der Waals surface area contributed by atoms with Crippen LogP contribution in [0.25, 0.3) is 0 Å². The molecule has 3 heteroatoms. The SMILES string of the molecule is CC(C)C(F)(F)C(C)(C)CF.